The zero-order chi connectivity index (χ0) is 29.0. The van der Waals surface area contributed by atoms with E-state index in [1.165, 1.54) is 19.2 Å². The normalized spacial score (nSPS) is 23.0. The van der Waals surface area contributed by atoms with Crippen molar-refractivity contribution in [1.82, 2.24) is 19.4 Å². The van der Waals surface area contributed by atoms with Crippen molar-refractivity contribution in [2.45, 2.75) is 38.1 Å². The molecule has 1 saturated carbocycles. The average Bonchev–Trinajstić information content (AvgIpc) is 3.26. The van der Waals surface area contributed by atoms with Gasteiger partial charge in [0.15, 0.2) is 0 Å². The van der Waals surface area contributed by atoms with Crippen LogP contribution in [0.1, 0.15) is 39.8 Å². The maximum atomic E-state index is 14.1. The number of nitrogens with zero attached hydrogens (tertiary/aromatic N) is 4. The Morgan fingerprint density at radius 1 is 1.17 bits per heavy atom. The van der Waals surface area contributed by atoms with Gasteiger partial charge >= 0.3 is 5.97 Å². The molecule has 0 radical (unpaired) electrons. The van der Waals surface area contributed by atoms with Gasteiger partial charge in [-0.3, -0.25) is 4.90 Å². The molecule has 3 fully saturated rings. The van der Waals surface area contributed by atoms with Gasteiger partial charge in [0.1, 0.15) is 29.5 Å². The molecule has 4 atom stereocenters. The predicted molar refractivity (Wildman–Crippen MR) is 153 cm³/mol. The Kier molecular flexibility index (Phi) is 7.00. The van der Waals surface area contributed by atoms with Gasteiger partial charge in [-0.25, -0.2) is 19.2 Å². The Morgan fingerprint density at radius 3 is 2.67 bits per heavy atom. The van der Waals surface area contributed by atoms with Crippen molar-refractivity contribution < 1.29 is 28.5 Å². The second-order valence-electron chi connectivity index (χ2n) is 11.2. The number of carbonyl (C=O) groups is 1. The van der Waals surface area contributed by atoms with Crippen LogP contribution in [0, 0.1) is 17.7 Å². The van der Waals surface area contributed by atoms with Crippen LogP contribution in [0.15, 0.2) is 48.5 Å². The van der Waals surface area contributed by atoms with Crippen LogP contribution in [0.4, 0.5) is 4.39 Å². The van der Waals surface area contributed by atoms with Gasteiger partial charge in [-0.2, -0.15) is 0 Å². The number of benzene rings is 2. The number of aromatic nitrogens is 3. The Hall–Kier alpha value is -3.73. The van der Waals surface area contributed by atoms with E-state index < -0.39 is 11.8 Å². The molecule has 4 heterocycles. The van der Waals surface area contributed by atoms with E-state index in [-0.39, 0.29) is 18.3 Å². The number of carboxylic acid groups (broad SMARTS) is 1. The second kappa shape index (κ2) is 10.8. The summed E-state index contributed by atoms with van der Waals surface area (Å²) in [6.45, 7) is 3.92. The lowest BCUT2D eigenvalue weighted by Gasteiger charge is -2.28. The van der Waals surface area contributed by atoms with Crippen LogP contribution in [0.3, 0.4) is 0 Å². The van der Waals surface area contributed by atoms with Gasteiger partial charge in [-0.15, -0.1) is 0 Å². The third-order valence-electron chi connectivity index (χ3n) is 8.66. The van der Waals surface area contributed by atoms with E-state index in [1.807, 2.05) is 12.1 Å². The summed E-state index contributed by atoms with van der Waals surface area (Å²) in [7, 11) is 1.53. The fourth-order valence-corrected chi connectivity index (χ4v) is 6.50. The molecule has 2 unspecified atom stereocenters. The van der Waals surface area contributed by atoms with Gasteiger partial charge in [0.05, 0.1) is 37.4 Å². The highest BCUT2D eigenvalue weighted by Crippen LogP contribution is 2.58. The Balaban J connectivity index is 1.05. The van der Waals surface area contributed by atoms with E-state index in [1.54, 1.807) is 24.3 Å². The fourth-order valence-electron chi connectivity index (χ4n) is 6.34. The van der Waals surface area contributed by atoms with Crippen LogP contribution >= 0.6 is 11.6 Å². The number of likely N-dealkylation sites (tertiary alicyclic amines) is 1. The minimum Gasteiger partial charge on any atom is -0.494 e. The SMILES string of the molecule is COc1cc(C(=O)O)cc2c1nc(CN1C[C@@H]3C(c4cccc(OCc5ccc(Cl)cc5F)n4)[C@@H]3C1)n2CC1CCO1. The summed E-state index contributed by atoms with van der Waals surface area (Å²) in [5.74, 6) is 1.74. The van der Waals surface area contributed by atoms with E-state index in [4.69, 9.17) is 35.8 Å². The third kappa shape index (κ3) is 5.08. The van der Waals surface area contributed by atoms with Gasteiger partial charge in [0.2, 0.25) is 5.88 Å². The molecule has 0 spiro atoms. The van der Waals surface area contributed by atoms with E-state index in [0.29, 0.717) is 58.6 Å². The van der Waals surface area contributed by atoms with Crippen molar-refractivity contribution in [3.05, 3.63) is 82.0 Å². The molecular formula is C31H30ClFN4O5. The van der Waals surface area contributed by atoms with E-state index in [0.717, 1.165) is 43.2 Å². The first kappa shape index (κ1) is 27.1. The molecule has 3 aliphatic rings. The first-order valence-corrected chi connectivity index (χ1v) is 14.4. The molecule has 0 amide bonds. The number of halogens is 2. The number of aromatic carboxylic acids is 1. The molecule has 1 N–H and O–H groups in total. The highest BCUT2D eigenvalue weighted by molar-refractivity contribution is 6.30. The number of carboxylic acids is 1. The number of hydrogen-bond donors (Lipinski definition) is 1. The number of pyridine rings is 1. The Morgan fingerprint density at radius 2 is 1.98 bits per heavy atom. The van der Waals surface area contributed by atoms with Crippen molar-refractivity contribution in [1.29, 1.82) is 0 Å². The number of ether oxygens (including phenoxy) is 3. The molecule has 2 saturated heterocycles. The topological polar surface area (TPSA) is 98.9 Å². The molecule has 2 aromatic heterocycles. The number of methoxy groups -OCH3 is 1. The lowest BCUT2D eigenvalue weighted by atomic mass is 10.1. The number of fused-ring (bicyclic) bond motifs is 2. The first-order chi connectivity index (χ1) is 20.4. The highest BCUT2D eigenvalue weighted by atomic mass is 35.5. The standard InChI is InChI=1S/C31H30ClFN4O5/c1-40-26-10-18(31(38)39)9-25-30(26)35-27(37(25)12-20-7-8-41-20)15-36-13-21-22(14-36)29(21)24-3-2-4-28(34-24)42-16-17-5-6-19(32)11-23(17)33/h2-6,9-11,20-22,29H,7-8,12-16H2,1H3,(H,38,39)/t20?,21-,22+,29?. The number of hydrogen-bond acceptors (Lipinski definition) is 7. The summed E-state index contributed by atoms with van der Waals surface area (Å²) in [5, 5.41) is 10.0. The molecule has 0 bridgehead atoms. The molecule has 7 rings (SSSR count). The summed E-state index contributed by atoms with van der Waals surface area (Å²) < 4.78 is 33.3. The Labute approximate surface area is 246 Å². The zero-order valence-corrected chi connectivity index (χ0v) is 23.8. The molecule has 1 aliphatic carbocycles. The van der Waals surface area contributed by atoms with Gasteiger partial charge in [0, 0.05) is 48.0 Å². The molecule has 9 nitrogen and oxygen atoms in total. The third-order valence-corrected chi connectivity index (χ3v) is 8.89. The van der Waals surface area contributed by atoms with E-state index >= 15 is 0 Å². The number of imidazole rings is 1. The molecule has 218 valence electrons. The summed E-state index contributed by atoms with van der Waals surface area (Å²) in [6.07, 6.45) is 1.06. The fraction of sp³-hybridized carbons (Fsp3) is 0.387. The lowest BCUT2D eigenvalue weighted by molar-refractivity contribution is -0.0591. The lowest BCUT2D eigenvalue weighted by Crippen LogP contribution is -2.33. The minimum absolute atomic E-state index is 0.0798. The summed E-state index contributed by atoms with van der Waals surface area (Å²) in [5.41, 5.74) is 3.01. The smallest absolute Gasteiger partial charge is 0.335 e. The van der Waals surface area contributed by atoms with Gasteiger partial charge in [-0.1, -0.05) is 23.7 Å². The summed E-state index contributed by atoms with van der Waals surface area (Å²) in [4.78, 5) is 23.9. The van der Waals surface area contributed by atoms with Crippen LogP contribution in [-0.4, -0.2) is 63.4 Å². The minimum atomic E-state index is -1.00. The van der Waals surface area contributed by atoms with Crippen molar-refractivity contribution in [3.8, 4) is 11.6 Å². The van der Waals surface area contributed by atoms with E-state index in [2.05, 4.69) is 9.47 Å². The maximum Gasteiger partial charge on any atom is 0.335 e. The zero-order valence-electron chi connectivity index (χ0n) is 23.0. The molecule has 42 heavy (non-hydrogen) atoms. The largest absolute Gasteiger partial charge is 0.494 e. The van der Waals surface area contributed by atoms with Crippen LogP contribution < -0.4 is 9.47 Å². The first-order valence-electron chi connectivity index (χ1n) is 14.1. The van der Waals surface area contributed by atoms with Crippen molar-refractivity contribution in [2.24, 2.45) is 11.8 Å². The van der Waals surface area contributed by atoms with Crippen molar-refractivity contribution in [3.63, 3.8) is 0 Å². The van der Waals surface area contributed by atoms with Gasteiger partial charge in [-0.05, 0) is 48.6 Å². The van der Waals surface area contributed by atoms with Crippen LogP contribution in [0.25, 0.3) is 11.0 Å². The monoisotopic (exact) mass is 592 g/mol. The summed E-state index contributed by atoms with van der Waals surface area (Å²) in [6, 6.07) is 13.5. The molecule has 11 heteroatoms. The van der Waals surface area contributed by atoms with Gasteiger partial charge < -0.3 is 23.9 Å². The molecular weight excluding hydrogens is 563 g/mol. The molecule has 4 aromatic rings. The van der Waals surface area contributed by atoms with Crippen LogP contribution in [0.2, 0.25) is 5.02 Å². The number of rotatable bonds is 10. The van der Waals surface area contributed by atoms with Crippen molar-refractivity contribution >= 4 is 28.6 Å². The van der Waals surface area contributed by atoms with E-state index in [9.17, 15) is 14.3 Å². The average molecular weight is 593 g/mol. The molecule has 2 aliphatic heterocycles. The van der Waals surface area contributed by atoms with Crippen LogP contribution in [-0.2, 0) is 24.4 Å². The summed E-state index contributed by atoms with van der Waals surface area (Å²) >= 11 is 5.85. The quantitative estimate of drug-likeness (QED) is 0.270. The number of piperidine rings is 1. The van der Waals surface area contributed by atoms with Gasteiger partial charge in [0.25, 0.3) is 0 Å². The predicted octanol–water partition coefficient (Wildman–Crippen LogP) is 5.14. The van der Waals surface area contributed by atoms with Crippen molar-refractivity contribution in [2.75, 3.05) is 26.8 Å². The second-order valence-corrected chi connectivity index (χ2v) is 11.7. The highest BCUT2D eigenvalue weighted by Gasteiger charge is 2.57. The molecule has 2 aromatic carbocycles. The maximum absolute atomic E-state index is 14.1. The Bertz CT molecular complexity index is 1660. The van der Waals surface area contributed by atoms with Crippen LogP contribution in [0.5, 0.6) is 11.6 Å².